The van der Waals surface area contributed by atoms with Crippen LogP contribution in [0.2, 0.25) is 0 Å². The number of halogens is 2. The average molecular weight is 524 g/mol. The summed E-state index contributed by atoms with van der Waals surface area (Å²) in [5.41, 5.74) is 12.7. The van der Waals surface area contributed by atoms with Gasteiger partial charge in [-0.1, -0.05) is 6.07 Å². The van der Waals surface area contributed by atoms with Gasteiger partial charge in [-0.15, -0.1) is 0 Å². The highest BCUT2D eigenvalue weighted by Crippen LogP contribution is 2.35. The van der Waals surface area contributed by atoms with Crippen LogP contribution in [0.1, 0.15) is 49.7 Å². The number of carbonyl (C=O) groups excluding carboxylic acids is 1. The summed E-state index contributed by atoms with van der Waals surface area (Å²) in [5.74, 6) is -2.64. The molecule has 0 atom stereocenters. The number of hydrogen-bond donors (Lipinski definition) is 3. The third-order valence-corrected chi connectivity index (χ3v) is 6.12. The highest BCUT2D eigenvalue weighted by molar-refractivity contribution is 6.08. The van der Waals surface area contributed by atoms with Crippen molar-refractivity contribution in [1.29, 1.82) is 0 Å². The van der Waals surface area contributed by atoms with Crippen molar-refractivity contribution in [2.75, 3.05) is 29.0 Å². The Morgan fingerprint density at radius 2 is 1.74 bits per heavy atom. The summed E-state index contributed by atoms with van der Waals surface area (Å²) < 4.78 is 29.2. The third-order valence-electron chi connectivity index (χ3n) is 6.12. The number of rotatable bonds is 5. The van der Waals surface area contributed by atoms with Gasteiger partial charge in [0.1, 0.15) is 11.4 Å². The maximum absolute atomic E-state index is 14.3. The predicted molar refractivity (Wildman–Crippen MR) is 145 cm³/mol. The second-order valence-corrected chi connectivity index (χ2v) is 10.2. The number of benzene rings is 2. The summed E-state index contributed by atoms with van der Waals surface area (Å²) in [5, 5.41) is 6.79. The fourth-order valence-corrected chi connectivity index (χ4v) is 4.15. The Hall–Kier alpha value is -4.12. The van der Waals surface area contributed by atoms with E-state index in [0.717, 1.165) is 31.0 Å². The molecule has 38 heavy (non-hydrogen) atoms. The summed E-state index contributed by atoms with van der Waals surface area (Å²) in [7, 11) is 0. The van der Waals surface area contributed by atoms with E-state index in [0.29, 0.717) is 40.4 Å². The second kappa shape index (κ2) is 10.7. The Morgan fingerprint density at radius 1 is 1.08 bits per heavy atom. The van der Waals surface area contributed by atoms with Crippen LogP contribution < -0.4 is 27.2 Å². The number of nitrogens with two attached hydrogens (primary N) is 2. The number of amides is 1. The van der Waals surface area contributed by atoms with Crippen LogP contribution in [0.5, 0.6) is 0 Å². The molecule has 2 heterocycles. The number of anilines is 3. The van der Waals surface area contributed by atoms with Crippen LogP contribution in [-0.4, -0.2) is 46.6 Å². The predicted octanol–water partition coefficient (Wildman–Crippen LogP) is 3.49. The quantitative estimate of drug-likeness (QED) is 0.347. The molecule has 0 radical (unpaired) electrons. The molecule has 0 unspecified atom stereocenters. The highest BCUT2D eigenvalue weighted by Gasteiger charge is 2.24. The zero-order chi connectivity index (χ0) is 27.6. The molecule has 0 spiro atoms. The molecule has 1 amide bonds. The van der Waals surface area contributed by atoms with Crippen LogP contribution in [0.15, 0.2) is 52.3 Å². The van der Waals surface area contributed by atoms with Crippen molar-refractivity contribution in [2.45, 2.75) is 45.2 Å². The lowest BCUT2D eigenvalue weighted by Gasteiger charge is -2.34. The van der Waals surface area contributed by atoms with Gasteiger partial charge in [0.25, 0.3) is 11.5 Å². The van der Waals surface area contributed by atoms with Gasteiger partial charge in [-0.2, -0.15) is 9.78 Å². The lowest BCUT2D eigenvalue weighted by Crippen LogP contribution is -2.40. The minimum absolute atomic E-state index is 0.0843. The monoisotopic (exact) mass is 523 g/mol. The molecule has 0 aliphatic carbocycles. The van der Waals surface area contributed by atoms with Gasteiger partial charge in [0.2, 0.25) is 0 Å². The molecule has 1 aliphatic rings. The molecule has 3 aromatic rings. The Bertz CT molecular complexity index is 1420. The van der Waals surface area contributed by atoms with Gasteiger partial charge in [0, 0.05) is 42.7 Å². The molecule has 9 nitrogen and oxygen atoms in total. The molecule has 5 N–H and O–H groups in total. The first-order valence-electron chi connectivity index (χ1n) is 12.3. The topological polar surface area (TPSA) is 132 Å². The lowest BCUT2D eigenvalue weighted by molar-refractivity contribution is 0.102. The van der Waals surface area contributed by atoms with E-state index in [1.54, 1.807) is 18.3 Å². The fraction of sp³-hybridized carbons (Fsp3) is 0.333. The van der Waals surface area contributed by atoms with E-state index >= 15 is 0 Å². The first-order valence-corrected chi connectivity index (χ1v) is 12.3. The normalized spacial score (nSPS) is 14.7. The summed E-state index contributed by atoms with van der Waals surface area (Å²) in [6, 6.07) is 8.85. The zero-order valence-corrected chi connectivity index (χ0v) is 21.5. The number of nitrogens with one attached hydrogen (secondary N) is 1. The lowest BCUT2D eigenvalue weighted by atomic mass is 10.0. The van der Waals surface area contributed by atoms with Gasteiger partial charge < -0.3 is 21.7 Å². The molecule has 1 aromatic heterocycles. The van der Waals surface area contributed by atoms with Crippen molar-refractivity contribution in [1.82, 2.24) is 9.78 Å². The number of aromatic nitrogens is 2. The van der Waals surface area contributed by atoms with Crippen molar-refractivity contribution in [2.24, 2.45) is 10.7 Å². The summed E-state index contributed by atoms with van der Waals surface area (Å²) in [4.78, 5) is 32.4. The van der Waals surface area contributed by atoms with Crippen LogP contribution in [0.3, 0.4) is 0 Å². The van der Waals surface area contributed by atoms with Crippen LogP contribution in [0.4, 0.5) is 25.8 Å². The van der Waals surface area contributed by atoms with E-state index in [-0.39, 0.29) is 17.3 Å². The molecule has 0 bridgehead atoms. The van der Waals surface area contributed by atoms with Gasteiger partial charge in [0.15, 0.2) is 11.6 Å². The van der Waals surface area contributed by atoms with Crippen molar-refractivity contribution in [3.8, 4) is 5.69 Å². The Kier molecular flexibility index (Phi) is 7.58. The minimum Gasteiger partial charge on any atom is -0.398 e. The van der Waals surface area contributed by atoms with Gasteiger partial charge in [-0.25, -0.2) is 8.78 Å². The van der Waals surface area contributed by atoms with E-state index in [1.165, 1.54) is 12.1 Å². The van der Waals surface area contributed by atoms with Gasteiger partial charge in [0.05, 0.1) is 16.9 Å². The van der Waals surface area contributed by atoms with Crippen LogP contribution in [-0.2, 0) is 0 Å². The molecule has 0 saturated carbocycles. The molecule has 1 fully saturated rings. The molecular formula is C27H31F2N7O2. The first kappa shape index (κ1) is 26.9. The van der Waals surface area contributed by atoms with E-state index in [9.17, 15) is 18.4 Å². The number of nitrogens with zero attached hydrogens (tertiary/aromatic N) is 4. The van der Waals surface area contributed by atoms with Crippen molar-refractivity contribution < 1.29 is 13.6 Å². The van der Waals surface area contributed by atoms with Crippen molar-refractivity contribution >= 4 is 29.2 Å². The molecule has 4 rings (SSSR count). The Labute approximate surface area is 219 Å². The number of piperidine rings is 1. The van der Waals surface area contributed by atoms with Gasteiger partial charge >= 0.3 is 0 Å². The molecule has 1 saturated heterocycles. The van der Waals surface area contributed by atoms with E-state index < -0.39 is 28.8 Å². The van der Waals surface area contributed by atoms with Crippen molar-refractivity contribution in [3.05, 3.63) is 75.7 Å². The average Bonchev–Trinajstić information content (AvgIpc) is 2.85. The molecule has 11 heteroatoms. The summed E-state index contributed by atoms with van der Waals surface area (Å²) in [6.07, 6.45) is 3.23. The van der Waals surface area contributed by atoms with Crippen LogP contribution >= 0.6 is 0 Å². The van der Waals surface area contributed by atoms with E-state index in [2.05, 4.69) is 20.3 Å². The van der Waals surface area contributed by atoms with E-state index in [4.69, 9.17) is 11.5 Å². The minimum atomic E-state index is -0.982. The molecular weight excluding hydrogens is 492 g/mol. The molecule has 200 valence electrons. The Morgan fingerprint density at radius 3 is 2.37 bits per heavy atom. The zero-order valence-electron chi connectivity index (χ0n) is 21.5. The third kappa shape index (κ3) is 5.88. The maximum atomic E-state index is 14.3. The number of aliphatic imine (C=N–C) groups is 1. The smallest absolute Gasteiger partial charge is 0.276 e. The summed E-state index contributed by atoms with van der Waals surface area (Å²) >= 11 is 0. The maximum Gasteiger partial charge on any atom is 0.276 e. The SMILES string of the molecule is CC(C)(C)N=Cc1c(N)ccc(NC(=O)c2ccc(=O)n(-c3c(F)cccc3F)n2)c1N1CCC(N)CC1. The van der Waals surface area contributed by atoms with Crippen LogP contribution in [0.25, 0.3) is 5.69 Å². The molecule has 1 aliphatic heterocycles. The van der Waals surface area contributed by atoms with Gasteiger partial charge in [-0.3, -0.25) is 14.6 Å². The highest BCUT2D eigenvalue weighted by atomic mass is 19.1. The number of nitrogen functional groups attached to an aromatic ring is 1. The number of para-hydroxylation sites is 1. The second-order valence-electron chi connectivity index (χ2n) is 10.2. The van der Waals surface area contributed by atoms with Gasteiger partial charge in [-0.05, 0) is 63.9 Å². The number of carbonyl (C=O) groups is 1. The number of hydrogen-bond acceptors (Lipinski definition) is 7. The standard InChI is InChI=1S/C27H31F2N7O2/c1-27(2,3)32-15-17-20(31)7-8-21(24(17)35-13-11-16(30)12-14-35)33-26(38)22-9-10-23(37)36(34-22)25-18(28)5-4-6-19(25)29/h4-10,15-16H,11-14,30-31H2,1-3H3,(H,33,38). The Balaban J connectivity index is 1.75. The van der Waals surface area contributed by atoms with Crippen molar-refractivity contribution in [3.63, 3.8) is 0 Å². The first-order chi connectivity index (χ1) is 17.9. The summed E-state index contributed by atoms with van der Waals surface area (Å²) in [6.45, 7) is 7.19. The molecule has 2 aromatic carbocycles. The van der Waals surface area contributed by atoms with Crippen LogP contribution in [0, 0.1) is 11.6 Å². The van der Waals surface area contributed by atoms with E-state index in [1.807, 2.05) is 20.8 Å². The largest absolute Gasteiger partial charge is 0.398 e. The fourth-order valence-electron chi connectivity index (χ4n) is 4.15.